The topological polar surface area (TPSA) is 111 Å². The number of aryl methyl sites for hydroxylation is 1. The number of nitrogens with one attached hydrogen (secondary N) is 2. The number of ether oxygens (including phenoxy) is 1. The standard InChI is InChI=1S/C18H19FN2O6S/c1-12-3-7-15(8-4-12)20-18(23)13(2)27-17(22)11-26-21-28(24,25)16-9-5-14(19)6-10-16/h3-10,13,21H,11H2,1-2H3,(H,20,23)/t13-/m0/s1. The number of hydrogen-bond acceptors (Lipinski definition) is 6. The van der Waals surface area contributed by atoms with Gasteiger partial charge in [-0.05, 0) is 50.2 Å². The first-order chi connectivity index (χ1) is 13.2. The van der Waals surface area contributed by atoms with Gasteiger partial charge in [0.15, 0.2) is 12.7 Å². The summed E-state index contributed by atoms with van der Waals surface area (Å²) < 4.78 is 41.5. The van der Waals surface area contributed by atoms with Gasteiger partial charge < -0.3 is 10.1 Å². The molecular weight excluding hydrogens is 391 g/mol. The third-order valence-electron chi connectivity index (χ3n) is 3.48. The Morgan fingerprint density at radius 2 is 1.68 bits per heavy atom. The highest BCUT2D eigenvalue weighted by molar-refractivity contribution is 7.89. The third-order valence-corrected chi connectivity index (χ3v) is 4.71. The molecule has 0 fully saturated rings. The first-order valence-electron chi connectivity index (χ1n) is 8.13. The van der Waals surface area contributed by atoms with Crippen molar-refractivity contribution < 1.29 is 32.0 Å². The third kappa shape index (κ3) is 6.41. The van der Waals surface area contributed by atoms with E-state index >= 15 is 0 Å². The van der Waals surface area contributed by atoms with E-state index < -0.39 is 40.4 Å². The Bertz CT molecular complexity index is 930. The number of carbonyl (C=O) groups is 2. The zero-order valence-corrected chi connectivity index (χ0v) is 16.0. The molecule has 0 saturated carbocycles. The monoisotopic (exact) mass is 410 g/mol. The molecule has 0 aliphatic carbocycles. The smallest absolute Gasteiger partial charge is 0.335 e. The average Bonchev–Trinajstić information content (AvgIpc) is 2.63. The Morgan fingerprint density at radius 3 is 2.29 bits per heavy atom. The van der Waals surface area contributed by atoms with Crippen LogP contribution in [0.3, 0.4) is 0 Å². The molecule has 0 bridgehead atoms. The first-order valence-corrected chi connectivity index (χ1v) is 9.62. The Balaban J connectivity index is 1.78. The molecule has 1 amide bonds. The lowest BCUT2D eigenvalue weighted by molar-refractivity contribution is -0.158. The highest BCUT2D eigenvalue weighted by Crippen LogP contribution is 2.10. The summed E-state index contributed by atoms with van der Waals surface area (Å²) in [5.41, 5.74) is 1.57. The molecule has 2 aromatic carbocycles. The van der Waals surface area contributed by atoms with Gasteiger partial charge in [0.2, 0.25) is 0 Å². The molecule has 0 aliphatic heterocycles. The van der Waals surface area contributed by atoms with Crippen molar-refractivity contribution in [3.63, 3.8) is 0 Å². The number of sulfonamides is 1. The Morgan fingerprint density at radius 1 is 1.07 bits per heavy atom. The molecule has 0 heterocycles. The van der Waals surface area contributed by atoms with Gasteiger partial charge in [-0.2, -0.15) is 0 Å². The van der Waals surface area contributed by atoms with E-state index in [1.54, 1.807) is 17.0 Å². The van der Waals surface area contributed by atoms with Crippen LogP contribution in [-0.4, -0.2) is 33.0 Å². The zero-order chi connectivity index (χ0) is 20.7. The molecular formula is C18H19FN2O6S. The van der Waals surface area contributed by atoms with Gasteiger partial charge in [0.25, 0.3) is 15.9 Å². The second-order valence-electron chi connectivity index (χ2n) is 5.82. The van der Waals surface area contributed by atoms with Crippen molar-refractivity contribution in [2.24, 2.45) is 0 Å². The van der Waals surface area contributed by atoms with Crippen LogP contribution in [0.1, 0.15) is 12.5 Å². The van der Waals surface area contributed by atoms with Crippen molar-refractivity contribution in [2.45, 2.75) is 24.8 Å². The lowest BCUT2D eigenvalue weighted by Crippen LogP contribution is -2.33. The molecule has 1 atom stereocenters. The summed E-state index contributed by atoms with van der Waals surface area (Å²) in [5, 5.41) is 2.58. The Hall–Kier alpha value is -2.82. The minimum absolute atomic E-state index is 0.242. The van der Waals surface area contributed by atoms with Gasteiger partial charge in [-0.15, -0.1) is 0 Å². The van der Waals surface area contributed by atoms with Crippen LogP contribution >= 0.6 is 0 Å². The molecule has 28 heavy (non-hydrogen) atoms. The Labute approximate surface area is 161 Å². The molecule has 0 unspecified atom stereocenters. The van der Waals surface area contributed by atoms with E-state index in [2.05, 4.69) is 10.2 Å². The first kappa shape index (κ1) is 21.5. The number of anilines is 1. The van der Waals surface area contributed by atoms with E-state index in [1.165, 1.54) is 6.92 Å². The molecule has 2 aromatic rings. The van der Waals surface area contributed by atoms with Crippen LogP contribution in [0.25, 0.3) is 0 Å². The molecule has 8 nitrogen and oxygen atoms in total. The average molecular weight is 410 g/mol. The van der Waals surface area contributed by atoms with Crippen molar-refractivity contribution in [3.8, 4) is 0 Å². The highest BCUT2D eigenvalue weighted by atomic mass is 32.2. The van der Waals surface area contributed by atoms with Crippen LogP contribution in [0, 0.1) is 12.7 Å². The molecule has 0 aliphatic rings. The minimum atomic E-state index is -4.09. The number of rotatable bonds is 8. The van der Waals surface area contributed by atoms with Gasteiger partial charge in [0.05, 0.1) is 4.90 Å². The number of carbonyl (C=O) groups excluding carboxylic acids is 2. The second kappa shape index (κ2) is 9.40. The summed E-state index contributed by atoms with van der Waals surface area (Å²) in [6, 6.07) is 11.0. The van der Waals surface area contributed by atoms with Crippen LogP contribution < -0.4 is 10.2 Å². The van der Waals surface area contributed by atoms with Crippen LogP contribution in [0.5, 0.6) is 0 Å². The fourth-order valence-electron chi connectivity index (χ4n) is 1.99. The SMILES string of the molecule is Cc1ccc(NC(=O)[C@H](C)OC(=O)CONS(=O)(=O)c2ccc(F)cc2)cc1. The summed E-state index contributed by atoms with van der Waals surface area (Å²) >= 11 is 0. The normalized spacial score (nSPS) is 12.2. The van der Waals surface area contributed by atoms with Gasteiger partial charge in [-0.3, -0.25) is 9.63 Å². The lowest BCUT2D eigenvalue weighted by Gasteiger charge is -2.14. The van der Waals surface area contributed by atoms with Gasteiger partial charge in [0, 0.05) is 5.69 Å². The highest BCUT2D eigenvalue weighted by Gasteiger charge is 2.20. The summed E-state index contributed by atoms with van der Waals surface area (Å²) in [7, 11) is -4.09. The molecule has 0 saturated heterocycles. The van der Waals surface area contributed by atoms with Gasteiger partial charge in [-0.25, -0.2) is 17.6 Å². The molecule has 2 rings (SSSR count). The largest absolute Gasteiger partial charge is 0.451 e. The second-order valence-corrected chi connectivity index (χ2v) is 7.46. The maximum atomic E-state index is 12.8. The quantitative estimate of drug-likeness (QED) is 0.508. The summed E-state index contributed by atoms with van der Waals surface area (Å²) in [5.74, 6) is -2.10. The zero-order valence-electron chi connectivity index (χ0n) is 15.1. The molecule has 0 aromatic heterocycles. The number of esters is 1. The Kier molecular flexibility index (Phi) is 7.21. The number of halogens is 1. The maximum Gasteiger partial charge on any atom is 0.335 e. The van der Waals surface area contributed by atoms with E-state index in [4.69, 9.17) is 4.74 Å². The number of benzene rings is 2. The van der Waals surface area contributed by atoms with Crippen molar-refractivity contribution >= 4 is 27.6 Å². The van der Waals surface area contributed by atoms with Gasteiger partial charge in [-0.1, -0.05) is 22.6 Å². The van der Waals surface area contributed by atoms with Crippen LogP contribution in [0.4, 0.5) is 10.1 Å². The van der Waals surface area contributed by atoms with Crippen LogP contribution in [0.15, 0.2) is 53.4 Å². The molecule has 150 valence electrons. The summed E-state index contributed by atoms with van der Waals surface area (Å²) in [6.45, 7) is 2.51. The fraction of sp³-hybridized carbons (Fsp3) is 0.222. The van der Waals surface area contributed by atoms with E-state index in [9.17, 15) is 22.4 Å². The molecule has 0 radical (unpaired) electrons. The van der Waals surface area contributed by atoms with Crippen molar-refractivity contribution in [1.82, 2.24) is 4.89 Å². The van der Waals surface area contributed by atoms with Gasteiger partial charge in [0.1, 0.15) is 5.82 Å². The van der Waals surface area contributed by atoms with Crippen LogP contribution in [0.2, 0.25) is 0 Å². The van der Waals surface area contributed by atoms with Gasteiger partial charge >= 0.3 is 5.97 Å². The molecule has 0 spiro atoms. The fourth-order valence-corrected chi connectivity index (χ4v) is 2.80. The van der Waals surface area contributed by atoms with Crippen molar-refractivity contribution in [1.29, 1.82) is 0 Å². The number of hydrogen-bond donors (Lipinski definition) is 2. The van der Waals surface area contributed by atoms with Crippen molar-refractivity contribution in [3.05, 3.63) is 59.9 Å². The number of amides is 1. The van der Waals surface area contributed by atoms with E-state index in [-0.39, 0.29) is 4.90 Å². The predicted octanol–water partition coefficient (Wildman–Crippen LogP) is 1.91. The summed E-state index contributed by atoms with van der Waals surface area (Å²) in [6.07, 6.45) is -1.12. The van der Waals surface area contributed by atoms with E-state index in [0.29, 0.717) is 5.69 Å². The van der Waals surface area contributed by atoms with E-state index in [1.807, 2.05) is 19.1 Å². The molecule has 2 N–H and O–H groups in total. The minimum Gasteiger partial charge on any atom is -0.451 e. The van der Waals surface area contributed by atoms with E-state index in [0.717, 1.165) is 29.8 Å². The summed E-state index contributed by atoms with van der Waals surface area (Å²) in [4.78, 5) is 29.8. The van der Waals surface area contributed by atoms with Crippen molar-refractivity contribution in [2.75, 3.05) is 11.9 Å². The predicted molar refractivity (Wildman–Crippen MR) is 98.0 cm³/mol. The maximum absolute atomic E-state index is 12.8. The van der Waals surface area contributed by atoms with Crippen LogP contribution in [-0.2, 0) is 29.2 Å². The molecule has 10 heteroatoms. The lowest BCUT2D eigenvalue weighted by atomic mass is 10.2.